The van der Waals surface area contributed by atoms with E-state index in [0.29, 0.717) is 12.2 Å². The molecule has 2 N–H and O–H groups in total. The normalized spacial score (nSPS) is 11.3. The number of hydrogen-bond acceptors (Lipinski definition) is 4. The van der Waals surface area contributed by atoms with E-state index in [1.54, 1.807) is 16.8 Å². The Morgan fingerprint density at radius 2 is 1.60 bits per heavy atom. The first kappa shape index (κ1) is 24.2. The lowest BCUT2D eigenvalue weighted by Crippen LogP contribution is -2.39. The smallest absolute Gasteiger partial charge is 0.328 e. The number of urea groups is 1. The summed E-state index contributed by atoms with van der Waals surface area (Å²) in [4.78, 5) is 11.9. The molecule has 1 heterocycles. The van der Waals surface area contributed by atoms with Gasteiger partial charge in [-0.2, -0.15) is 5.10 Å². The first-order valence-corrected chi connectivity index (χ1v) is 13.0. The van der Waals surface area contributed by atoms with E-state index >= 15 is 0 Å². The minimum absolute atomic E-state index is 0.000726. The number of nitrogens with one attached hydrogen (secondary N) is 2. The van der Waals surface area contributed by atoms with Crippen LogP contribution in [0.4, 0.5) is 4.79 Å². The monoisotopic (exact) mass is 488 g/mol. The Balaban J connectivity index is 1.66. The zero-order valence-electron chi connectivity index (χ0n) is 19.7. The predicted octanol–water partition coefficient (Wildman–Crippen LogP) is 5.30. The summed E-state index contributed by atoms with van der Waals surface area (Å²) in [5.74, 6) is 0. The van der Waals surface area contributed by atoms with Crippen LogP contribution in [-0.2, 0) is 10.0 Å². The lowest BCUT2D eigenvalue weighted by Gasteiger charge is -2.11. The number of nitrogens with zero attached hydrogens (tertiary/aromatic N) is 2. The second-order valence-corrected chi connectivity index (χ2v) is 9.95. The summed E-state index contributed by atoms with van der Waals surface area (Å²) < 4.78 is 29.1. The number of rotatable bonds is 8. The molecule has 2 amide bonds. The molecule has 7 nitrogen and oxygen atoms in total. The maximum absolute atomic E-state index is 12.6. The van der Waals surface area contributed by atoms with Crippen molar-refractivity contribution in [3.8, 4) is 28.2 Å². The molecule has 0 bridgehead atoms. The van der Waals surface area contributed by atoms with Crippen molar-refractivity contribution in [2.75, 3.05) is 6.54 Å². The van der Waals surface area contributed by atoms with Crippen molar-refractivity contribution in [1.82, 2.24) is 19.8 Å². The number of carbonyl (C=O) groups is 1. The quantitative estimate of drug-likeness (QED) is 0.329. The van der Waals surface area contributed by atoms with Crippen molar-refractivity contribution < 1.29 is 13.2 Å². The van der Waals surface area contributed by atoms with Crippen LogP contribution >= 0.6 is 0 Å². The molecule has 35 heavy (non-hydrogen) atoms. The fraction of sp³-hybridized carbons (Fsp3) is 0.185. The van der Waals surface area contributed by atoms with E-state index in [2.05, 4.69) is 10.0 Å². The summed E-state index contributed by atoms with van der Waals surface area (Å²) in [6.07, 6.45) is 1.68. The Morgan fingerprint density at radius 1 is 0.914 bits per heavy atom. The Bertz CT molecular complexity index is 1400. The number of unbranched alkanes of at least 4 members (excludes halogenated alkanes) is 1. The van der Waals surface area contributed by atoms with E-state index in [1.807, 2.05) is 74.5 Å². The van der Waals surface area contributed by atoms with Gasteiger partial charge in [-0.15, -0.1) is 0 Å². The van der Waals surface area contributed by atoms with E-state index in [-0.39, 0.29) is 4.90 Å². The van der Waals surface area contributed by atoms with Crippen molar-refractivity contribution in [3.05, 3.63) is 90.5 Å². The molecular formula is C27H28N4O3S. The standard InChI is InChI=1S/C27H28N4O3S/c1-3-4-18-28-27(32)30-35(33,34)24-16-14-23(15-17-24)31-26(22-12-10-20(2)11-13-22)19-25(29-31)21-8-6-5-7-9-21/h5-17,19H,3-4,18H2,1-2H3,(H2,28,30,32). The molecule has 4 rings (SSSR count). The summed E-state index contributed by atoms with van der Waals surface area (Å²) in [5.41, 5.74) is 5.53. The summed E-state index contributed by atoms with van der Waals surface area (Å²) >= 11 is 0. The topological polar surface area (TPSA) is 93.1 Å². The zero-order chi connectivity index (χ0) is 24.8. The molecule has 1 aromatic heterocycles. The summed E-state index contributed by atoms with van der Waals surface area (Å²) in [6.45, 7) is 4.44. The van der Waals surface area contributed by atoms with Crippen LogP contribution in [0, 0.1) is 6.92 Å². The van der Waals surface area contributed by atoms with E-state index in [4.69, 9.17) is 5.10 Å². The SMILES string of the molecule is CCCCNC(=O)NS(=O)(=O)c1ccc(-n2nc(-c3ccccc3)cc2-c2ccc(C)cc2)cc1. The Morgan fingerprint density at radius 3 is 2.26 bits per heavy atom. The number of benzene rings is 3. The highest BCUT2D eigenvalue weighted by Gasteiger charge is 2.18. The highest BCUT2D eigenvalue weighted by Crippen LogP contribution is 2.29. The van der Waals surface area contributed by atoms with Gasteiger partial charge in [-0.25, -0.2) is 22.6 Å². The van der Waals surface area contributed by atoms with Gasteiger partial charge >= 0.3 is 6.03 Å². The van der Waals surface area contributed by atoms with Crippen LogP contribution in [0.3, 0.4) is 0 Å². The third-order valence-corrected chi connectivity index (χ3v) is 6.91. The molecule has 0 atom stereocenters. The van der Waals surface area contributed by atoms with Crippen molar-refractivity contribution in [3.63, 3.8) is 0 Å². The van der Waals surface area contributed by atoms with Gasteiger partial charge in [0, 0.05) is 17.7 Å². The Kier molecular flexibility index (Phi) is 7.31. The highest BCUT2D eigenvalue weighted by molar-refractivity contribution is 7.90. The highest BCUT2D eigenvalue weighted by atomic mass is 32.2. The predicted molar refractivity (Wildman–Crippen MR) is 138 cm³/mol. The largest absolute Gasteiger partial charge is 0.337 e. The van der Waals surface area contributed by atoms with Gasteiger partial charge in [0.25, 0.3) is 10.0 Å². The summed E-state index contributed by atoms with van der Waals surface area (Å²) in [5, 5.41) is 7.37. The summed E-state index contributed by atoms with van der Waals surface area (Å²) in [6, 6.07) is 25.6. The maximum atomic E-state index is 12.6. The van der Waals surface area contributed by atoms with Crippen molar-refractivity contribution >= 4 is 16.1 Å². The molecule has 8 heteroatoms. The van der Waals surface area contributed by atoms with Crippen molar-refractivity contribution in [2.24, 2.45) is 0 Å². The van der Waals surface area contributed by atoms with Crippen LogP contribution in [0.1, 0.15) is 25.3 Å². The van der Waals surface area contributed by atoms with Crippen LogP contribution in [-0.4, -0.2) is 30.8 Å². The molecule has 0 saturated heterocycles. The van der Waals surface area contributed by atoms with E-state index < -0.39 is 16.1 Å². The number of aromatic nitrogens is 2. The lowest BCUT2D eigenvalue weighted by molar-refractivity contribution is 0.245. The molecular weight excluding hydrogens is 460 g/mol. The van der Waals surface area contributed by atoms with Gasteiger partial charge < -0.3 is 5.32 Å². The molecule has 0 aliphatic heterocycles. The molecule has 0 radical (unpaired) electrons. The van der Waals surface area contributed by atoms with Gasteiger partial charge in [0.1, 0.15) is 0 Å². The minimum atomic E-state index is -3.99. The molecule has 3 aromatic carbocycles. The number of amides is 2. The van der Waals surface area contributed by atoms with E-state index in [1.165, 1.54) is 12.1 Å². The van der Waals surface area contributed by atoms with E-state index in [9.17, 15) is 13.2 Å². The van der Waals surface area contributed by atoms with Crippen LogP contribution in [0.5, 0.6) is 0 Å². The molecule has 0 spiro atoms. The van der Waals surface area contributed by atoms with Crippen molar-refractivity contribution in [2.45, 2.75) is 31.6 Å². The van der Waals surface area contributed by atoms with Crippen LogP contribution in [0.15, 0.2) is 89.8 Å². The van der Waals surface area contributed by atoms with Gasteiger partial charge in [-0.1, -0.05) is 73.5 Å². The number of aryl methyl sites for hydroxylation is 1. The molecule has 0 unspecified atom stereocenters. The average molecular weight is 489 g/mol. The maximum Gasteiger partial charge on any atom is 0.328 e. The van der Waals surface area contributed by atoms with Gasteiger partial charge in [-0.3, -0.25) is 0 Å². The average Bonchev–Trinajstić information content (AvgIpc) is 3.30. The molecule has 0 fully saturated rings. The second-order valence-electron chi connectivity index (χ2n) is 8.27. The summed E-state index contributed by atoms with van der Waals surface area (Å²) in [7, 11) is -3.99. The van der Waals surface area contributed by atoms with Gasteiger partial charge in [0.05, 0.1) is 22.0 Å². The molecule has 0 aliphatic carbocycles. The molecule has 0 saturated carbocycles. The fourth-order valence-electron chi connectivity index (χ4n) is 3.62. The Hall–Kier alpha value is -3.91. The molecule has 180 valence electrons. The first-order chi connectivity index (χ1) is 16.9. The lowest BCUT2D eigenvalue weighted by atomic mass is 10.1. The minimum Gasteiger partial charge on any atom is -0.337 e. The van der Waals surface area contributed by atoms with Gasteiger partial charge in [0.2, 0.25) is 0 Å². The number of sulfonamides is 1. The molecule has 0 aliphatic rings. The molecule has 4 aromatic rings. The zero-order valence-corrected chi connectivity index (χ0v) is 20.5. The second kappa shape index (κ2) is 10.6. The fourth-order valence-corrected chi connectivity index (χ4v) is 4.55. The Labute approximate surface area is 205 Å². The van der Waals surface area contributed by atoms with Crippen LogP contribution in [0.25, 0.3) is 28.2 Å². The van der Waals surface area contributed by atoms with Crippen LogP contribution < -0.4 is 10.0 Å². The van der Waals surface area contributed by atoms with Gasteiger partial charge in [0.15, 0.2) is 0 Å². The number of hydrogen-bond donors (Lipinski definition) is 2. The third kappa shape index (κ3) is 5.78. The number of carbonyl (C=O) groups excluding carboxylic acids is 1. The van der Waals surface area contributed by atoms with Gasteiger partial charge in [-0.05, 0) is 43.7 Å². The van der Waals surface area contributed by atoms with E-state index in [0.717, 1.165) is 40.9 Å². The van der Waals surface area contributed by atoms with Crippen molar-refractivity contribution in [1.29, 1.82) is 0 Å². The first-order valence-electron chi connectivity index (χ1n) is 11.5. The van der Waals surface area contributed by atoms with Crippen LogP contribution in [0.2, 0.25) is 0 Å². The third-order valence-electron chi connectivity index (χ3n) is 5.56.